The van der Waals surface area contributed by atoms with E-state index in [1.165, 1.54) is 19.3 Å². The largest absolute Gasteiger partial charge is 0.481 e. The number of carboxylic acid groups (broad SMARTS) is 1. The monoisotopic (exact) mass is 210 g/mol. The van der Waals surface area contributed by atoms with Crippen LogP contribution in [-0.4, -0.2) is 11.1 Å². The Morgan fingerprint density at radius 2 is 1.73 bits per heavy atom. The van der Waals surface area contributed by atoms with Gasteiger partial charge >= 0.3 is 5.97 Å². The second kappa shape index (κ2) is 4.15. The Morgan fingerprint density at radius 1 is 1.20 bits per heavy atom. The van der Waals surface area contributed by atoms with Crippen molar-refractivity contribution in [3.05, 3.63) is 0 Å². The standard InChI is InChI=1S/C13H22O2/c1-8(2)12-9-4-3-5-10(12)7-11(6-9)13(14)15/h8-12H,3-7H2,1-2H3,(H,14,15). The number of carbonyl (C=O) groups is 1. The molecule has 2 unspecified atom stereocenters. The molecule has 2 atom stereocenters. The summed E-state index contributed by atoms with van der Waals surface area (Å²) in [4.78, 5) is 11.1. The van der Waals surface area contributed by atoms with Gasteiger partial charge < -0.3 is 5.11 Å². The third kappa shape index (κ3) is 2.04. The van der Waals surface area contributed by atoms with Gasteiger partial charge in [-0.3, -0.25) is 4.79 Å². The van der Waals surface area contributed by atoms with E-state index in [-0.39, 0.29) is 5.92 Å². The first-order valence-electron chi connectivity index (χ1n) is 6.32. The summed E-state index contributed by atoms with van der Waals surface area (Å²) >= 11 is 0. The lowest BCUT2D eigenvalue weighted by Crippen LogP contribution is -2.41. The minimum atomic E-state index is -0.561. The van der Waals surface area contributed by atoms with Crippen molar-refractivity contribution in [2.75, 3.05) is 0 Å². The zero-order valence-electron chi connectivity index (χ0n) is 9.78. The third-order valence-electron chi connectivity index (χ3n) is 4.53. The van der Waals surface area contributed by atoms with Gasteiger partial charge in [-0.15, -0.1) is 0 Å². The molecule has 0 aromatic rings. The van der Waals surface area contributed by atoms with Gasteiger partial charge in [0.25, 0.3) is 0 Å². The number of aliphatic carboxylic acids is 1. The van der Waals surface area contributed by atoms with Gasteiger partial charge in [0.1, 0.15) is 0 Å². The number of fused-ring (bicyclic) bond motifs is 2. The van der Waals surface area contributed by atoms with Crippen LogP contribution in [0.4, 0.5) is 0 Å². The maximum Gasteiger partial charge on any atom is 0.306 e. The van der Waals surface area contributed by atoms with Crippen LogP contribution in [0.3, 0.4) is 0 Å². The van der Waals surface area contributed by atoms with E-state index in [4.69, 9.17) is 5.11 Å². The van der Waals surface area contributed by atoms with Crippen molar-refractivity contribution in [2.24, 2.45) is 29.6 Å². The summed E-state index contributed by atoms with van der Waals surface area (Å²) in [6, 6.07) is 0. The lowest BCUT2D eigenvalue weighted by Gasteiger charge is -2.47. The van der Waals surface area contributed by atoms with E-state index in [0.29, 0.717) is 11.8 Å². The molecule has 2 aliphatic rings. The van der Waals surface area contributed by atoms with Crippen molar-refractivity contribution in [3.63, 3.8) is 0 Å². The first kappa shape index (κ1) is 11.0. The van der Waals surface area contributed by atoms with Crippen molar-refractivity contribution >= 4 is 5.97 Å². The van der Waals surface area contributed by atoms with Gasteiger partial charge in [-0.25, -0.2) is 0 Å². The summed E-state index contributed by atoms with van der Waals surface area (Å²) in [5, 5.41) is 9.12. The molecule has 0 amide bonds. The minimum absolute atomic E-state index is 0.0460. The molecule has 0 aliphatic heterocycles. The quantitative estimate of drug-likeness (QED) is 0.760. The van der Waals surface area contributed by atoms with Crippen molar-refractivity contribution < 1.29 is 9.90 Å². The van der Waals surface area contributed by atoms with Crippen molar-refractivity contribution in [1.82, 2.24) is 0 Å². The highest BCUT2D eigenvalue weighted by Crippen LogP contribution is 2.49. The number of hydrogen-bond donors (Lipinski definition) is 1. The van der Waals surface area contributed by atoms with Crippen LogP contribution in [0.5, 0.6) is 0 Å². The molecule has 2 nitrogen and oxygen atoms in total. The van der Waals surface area contributed by atoms with Crippen LogP contribution in [0.1, 0.15) is 46.0 Å². The highest BCUT2D eigenvalue weighted by Gasteiger charge is 2.43. The molecule has 2 rings (SSSR count). The summed E-state index contributed by atoms with van der Waals surface area (Å²) in [5.74, 6) is 2.31. The molecule has 0 aromatic carbocycles. The van der Waals surface area contributed by atoms with Gasteiger partial charge in [-0.05, 0) is 36.5 Å². The van der Waals surface area contributed by atoms with Gasteiger partial charge in [0, 0.05) is 0 Å². The molecule has 1 N–H and O–H groups in total. The van der Waals surface area contributed by atoms with Crippen LogP contribution >= 0.6 is 0 Å². The number of carboxylic acids is 1. The lowest BCUT2D eigenvalue weighted by molar-refractivity contribution is -0.146. The Labute approximate surface area is 92.1 Å². The summed E-state index contributed by atoms with van der Waals surface area (Å²) in [5.41, 5.74) is 0. The molecule has 0 spiro atoms. The van der Waals surface area contributed by atoms with Gasteiger partial charge in [0.05, 0.1) is 5.92 Å². The first-order chi connectivity index (χ1) is 7.09. The van der Waals surface area contributed by atoms with Crippen LogP contribution in [0.15, 0.2) is 0 Å². The number of rotatable bonds is 2. The van der Waals surface area contributed by atoms with E-state index in [0.717, 1.165) is 24.7 Å². The Balaban J connectivity index is 2.11. The Bertz CT molecular complexity index is 233. The molecule has 0 saturated heterocycles. The second-order valence-corrected chi connectivity index (χ2v) is 5.78. The maximum absolute atomic E-state index is 11.1. The van der Waals surface area contributed by atoms with Gasteiger partial charge in [-0.1, -0.05) is 33.1 Å². The summed E-state index contributed by atoms with van der Waals surface area (Å²) in [6.45, 7) is 4.61. The van der Waals surface area contributed by atoms with Gasteiger partial charge in [0.2, 0.25) is 0 Å². The maximum atomic E-state index is 11.1. The Kier molecular flexibility index (Phi) is 3.03. The van der Waals surface area contributed by atoms with E-state index in [1.54, 1.807) is 0 Å². The van der Waals surface area contributed by atoms with E-state index in [1.807, 2.05) is 0 Å². The summed E-state index contributed by atoms with van der Waals surface area (Å²) in [7, 11) is 0. The lowest BCUT2D eigenvalue weighted by atomic mass is 9.58. The minimum Gasteiger partial charge on any atom is -0.481 e. The fraction of sp³-hybridized carbons (Fsp3) is 0.923. The zero-order chi connectivity index (χ0) is 11.0. The van der Waals surface area contributed by atoms with Gasteiger partial charge in [-0.2, -0.15) is 0 Å². The fourth-order valence-corrected chi connectivity index (χ4v) is 4.08. The molecule has 0 aromatic heterocycles. The van der Waals surface area contributed by atoms with E-state index in [9.17, 15) is 4.79 Å². The molecule has 2 bridgehead atoms. The average molecular weight is 210 g/mol. The fourth-order valence-electron chi connectivity index (χ4n) is 4.08. The highest BCUT2D eigenvalue weighted by molar-refractivity contribution is 5.70. The van der Waals surface area contributed by atoms with Crippen LogP contribution < -0.4 is 0 Å². The molecule has 2 fully saturated rings. The van der Waals surface area contributed by atoms with E-state index < -0.39 is 5.97 Å². The Morgan fingerprint density at radius 3 is 2.13 bits per heavy atom. The van der Waals surface area contributed by atoms with Crippen LogP contribution in [-0.2, 0) is 4.79 Å². The predicted molar refractivity (Wildman–Crippen MR) is 59.5 cm³/mol. The van der Waals surface area contributed by atoms with Crippen LogP contribution in [0, 0.1) is 29.6 Å². The molecule has 15 heavy (non-hydrogen) atoms. The number of hydrogen-bond acceptors (Lipinski definition) is 1. The molecule has 0 radical (unpaired) electrons. The van der Waals surface area contributed by atoms with Crippen LogP contribution in [0.2, 0.25) is 0 Å². The highest BCUT2D eigenvalue weighted by atomic mass is 16.4. The molecule has 2 saturated carbocycles. The SMILES string of the molecule is CC(C)C1C2CCCC1CC(C(=O)O)C2. The van der Waals surface area contributed by atoms with Crippen molar-refractivity contribution in [2.45, 2.75) is 46.0 Å². The predicted octanol–water partition coefficient (Wildman–Crippen LogP) is 3.17. The van der Waals surface area contributed by atoms with Crippen LogP contribution in [0.25, 0.3) is 0 Å². The average Bonchev–Trinajstić information content (AvgIpc) is 2.15. The Hall–Kier alpha value is -0.530. The summed E-state index contributed by atoms with van der Waals surface area (Å²) in [6.07, 6.45) is 5.74. The zero-order valence-corrected chi connectivity index (χ0v) is 9.78. The molecular formula is C13H22O2. The molecule has 2 aliphatic carbocycles. The molecule has 0 heterocycles. The van der Waals surface area contributed by atoms with Crippen molar-refractivity contribution in [3.8, 4) is 0 Å². The smallest absolute Gasteiger partial charge is 0.306 e. The third-order valence-corrected chi connectivity index (χ3v) is 4.53. The molecule has 86 valence electrons. The molecular weight excluding hydrogens is 188 g/mol. The van der Waals surface area contributed by atoms with Crippen molar-refractivity contribution in [1.29, 1.82) is 0 Å². The van der Waals surface area contributed by atoms with E-state index >= 15 is 0 Å². The van der Waals surface area contributed by atoms with E-state index in [2.05, 4.69) is 13.8 Å². The normalized spacial score (nSPS) is 40.5. The second-order valence-electron chi connectivity index (χ2n) is 5.78. The summed E-state index contributed by atoms with van der Waals surface area (Å²) < 4.78 is 0. The molecule has 2 heteroatoms. The first-order valence-corrected chi connectivity index (χ1v) is 6.32. The van der Waals surface area contributed by atoms with Gasteiger partial charge in [0.15, 0.2) is 0 Å². The topological polar surface area (TPSA) is 37.3 Å².